The van der Waals surface area contributed by atoms with Gasteiger partial charge >= 0.3 is 17.9 Å². The minimum absolute atomic E-state index is 0.250. The molecule has 8 N–H and O–H groups in total. The van der Waals surface area contributed by atoms with Crippen molar-refractivity contribution in [1.82, 2.24) is 0 Å². The Balaban J connectivity index is -0.0000000528. The monoisotopic (exact) mass is 406 g/mol. The van der Waals surface area contributed by atoms with Crippen LogP contribution < -0.4 is 0 Å². The van der Waals surface area contributed by atoms with Crippen LogP contribution in [0.2, 0.25) is 0 Å². The van der Waals surface area contributed by atoms with Gasteiger partial charge in [0.05, 0.1) is 19.4 Å². The number of hydrogen-bond donors (Lipinski definition) is 8. The summed E-state index contributed by atoms with van der Waals surface area (Å²) >= 11 is 0. The van der Waals surface area contributed by atoms with Crippen molar-refractivity contribution in [2.24, 2.45) is 0 Å². The van der Waals surface area contributed by atoms with Gasteiger partial charge in [0, 0.05) is 13.5 Å². The molecule has 0 aliphatic rings. The third kappa shape index (κ3) is 155. The largest absolute Gasteiger partial charge is 0.483 e. The Bertz CT molecular complexity index is 337. The van der Waals surface area contributed by atoms with Gasteiger partial charge in [-0.05, 0) is 6.92 Å². The van der Waals surface area contributed by atoms with Crippen molar-refractivity contribution in [2.45, 2.75) is 46.6 Å². The molecule has 1 atom stereocenters. The van der Waals surface area contributed by atoms with Crippen LogP contribution in [0.1, 0.15) is 40.5 Å². The van der Waals surface area contributed by atoms with Crippen LogP contribution in [0.4, 0.5) is 0 Å². The standard InChI is InChI=1S/C4H6O4.C3H6O4.C2H4O2.C2H6O.C2H6.CH2O2/c5-3(6)1-2-4(7)8;4-1-2(5)3(6)7;1-2(3)4;1-2-3;1-2;2-1-3/h1-2H2,(H,5,6)(H,7,8);2,4-5H,1H2,(H,6,7);1H3,(H,3,4);3H,2H2,1H3;1-2H3;1H,(H,2,3). The van der Waals surface area contributed by atoms with Crippen molar-refractivity contribution in [3.63, 3.8) is 0 Å². The summed E-state index contributed by atoms with van der Waals surface area (Å²) in [5, 5.41) is 61.4. The van der Waals surface area contributed by atoms with Gasteiger partial charge in [-0.15, -0.1) is 0 Å². The van der Waals surface area contributed by atoms with E-state index in [4.69, 9.17) is 50.4 Å². The summed E-state index contributed by atoms with van der Waals surface area (Å²) in [6.07, 6.45) is -2.22. The quantitative estimate of drug-likeness (QED) is 0.260. The number of aliphatic carboxylic acids is 4. The Morgan fingerprint density at radius 2 is 1.07 bits per heavy atom. The van der Waals surface area contributed by atoms with E-state index in [1.807, 2.05) is 13.8 Å². The summed E-state index contributed by atoms with van der Waals surface area (Å²) in [5.41, 5.74) is 0. The average molecular weight is 406 g/mol. The highest BCUT2D eigenvalue weighted by atomic mass is 16.4. The van der Waals surface area contributed by atoms with Crippen LogP contribution in [0.25, 0.3) is 0 Å². The molecular formula is C14H30O13. The van der Waals surface area contributed by atoms with Gasteiger partial charge in [-0.2, -0.15) is 0 Å². The van der Waals surface area contributed by atoms with Crippen LogP contribution in [0.5, 0.6) is 0 Å². The summed E-state index contributed by atoms with van der Waals surface area (Å²) in [4.78, 5) is 46.2. The van der Waals surface area contributed by atoms with E-state index < -0.39 is 36.6 Å². The van der Waals surface area contributed by atoms with Gasteiger partial charge in [-0.3, -0.25) is 19.2 Å². The normalized spacial score (nSPS) is 8.26. The van der Waals surface area contributed by atoms with Gasteiger partial charge < -0.3 is 40.9 Å². The molecule has 0 aromatic rings. The molecule has 0 spiro atoms. The maximum atomic E-state index is 9.64. The number of carbonyl (C=O) groups is 5. The molecule has 0 fully saturated rings. The van der Waals surface area contributed by atoms with Crippen molar-refractivity contribution < 1.29 is 64.8 Å². The second kappa shape index (κ2) is 38.7. The molecule has 1 unspecified atom stereocenters. The number of carboxylic acid groups (broad SMARTS) is 5. The first-order valence-corrected chi connectivity index (χ1v) is 7.21. The van der Waals surface area contributed by atoms with Crippen LogP contribution in [0.15, 0.2) is 0 Å². The molecule has 0 saturated heterocycles. The summed E-state index contributed by atoms with van der Waals surface area (Å²) in [5.74, 6) is -4.39. The van der Waals surface area contributed by atoms with Gasteiger partial charge in [0.15, 0.2) is 6.10 Å². The summed E-state index contributed by atoms with van der Waals surface area (Å²) in [6.45, 7) is 6.04. The minimum atomic E-state index is -1.63. The lowest BCUT2D eigenvalue weighted by molar-refractivity contribution is -0.148. The zero-order valence-electron chi connectivity index (χ0n) is 15.6. The fraction of sp³-hybridized carbons (Fsp3) is 0.643. The van der Waals surface area contributed by atoms with Gasteiger partial charge in [-0.25, -0.2) is 4.79 Å². The molecule has 0 aromatic carbocycles. The van der Waals surface area contributed by atoms with E-state index in [1.54, 1.807) is 6.92 Å². The van der Waals surface area contributed by atoms with Crippen LogP contribution in [0, 0.1) is 0 Å². The van der Waals surface area contributed by atoms with Crippen LogP contribution >= 0.6 is 0 Å². The number of aliphatic hydroxyl groups is 3. The molecule has 0 aliphatic heterocycles. The van der Waals surface area contributed by atoms with E-state index in [2.05, 4.69) is 0 Å². The van der Waals surface area contributed by atoms with Crippen molar-refractivity contribution in [3.05, 3.63) is 0 Å². The van der Waals surface area contributed by atoms with Crippen LogP contribution in [0.3, 0.4) is 0 Å². The third-order valence-corrected chi connectivity index (χ3v) is 1.01. The lowest BCUT2D eigenvalue weighted by Crippen LogP contribution is -2.22. The third-order valence-electron chi connectivity index (χ3n) is 1.01. The van der Waals surface area contributed by atoms with E-state index in [9.17, 15) is 14.4 Å². The maximum absolute atomic E-state index is 9.64. The van der Waals surface area contributed by atoms with E-state index in [0.29, 0.717) is 0 Å². The molecule has 0 heterocycles. The molecular weight excluding hydrogens is 376 g/mol. The lowest BCUT2D eigenvalue weighted by atomic mass is 10.3. The van der Waals surface area contributed by atoms with Crippen molar-refractivity contribution in [3.8, 4) is 0 Å². The van der Waals surface area contributed by atoms with Crippen molar-refractivity contribution >= 4 is 30.3 Å². The first-order chi connectivity index (χ1) is 12.4. The SMILES string of the molecule is CC.CC(=O)O.CCO.O=C(O)C(O)CO.O=C(O)CCC(=O)O.O=CO. The van der Waals surface area contributed by atoms with Gasteiger partial charge in [-0.1, -0.05) is 13.8 Å². The zero-order chi connectivity index (χ0) is 23.4. The second-order valence-corrected chi connectivity index (χ2v) is 3.26. The predicted octanol–water partition coefficient (Wildman–Crippen LogP) is -0.823. The number of rotatable bonds is 5. The van der Waals surface area contributed by atoms with E-state index in [1.165, 1.54) is 0 Å². The first kappa shape index (κ1) is 39.3. The van der Waals surface area contributed by atoms with Gasteiger partial charge in [0.25, 0.3) is 12.4 Å². The molecule has 0 aliphatic carbocycles. The Morgan fingerprint density at radius 3 is 1.11 bits per heavy atom. The fourth-order valence-corrected chi connectivity index (χ4v) is 0.292. The maximum Gasteiger partial charge on any atom is 0.334 e. The highest BCUT2D eigenvalue weighted by Crippen LogP contribution is 1.86. The van der Waals surface area contributed by atoms with Crippen molar-refractivity contribution in [2.75, 3.05) is 13.2 Å². The van der Waals surface area contributed by atoms with Crippen molar-refractivity contribution in [1.29, 1.82) is 0 Å². The van der Waals surface area contributed by atoms with E-state index in [0.717, 1.165) is 6.92 Å². The summed E-state index contributed by atoms with van der Waals surface area (Å²) in [7, 11) is 0. The topological polar surface area (TPSA) is 247 Å². The molecule has 0 radical (unpaired) electrons. The number of hydrogen-bond acceptors (Lipinski definition) is 8. The lowest BCUT2D eigenvalue weighted by Gasteiger charge is -1.95. The summed E-state index contributed by atoms with van der Waals surface area (Å²) in [6, 6.07) is 0. The Labute approximate surface area is 156 Å². The highest BCUT2D eigenvalue weighted by Gasteiger charge is 2.08. The van der Waals surface area contributed by atoms with Crippen LogP contribution in [-0.2, 0) is 24.0 Å². The Morgan fingerprint density at radius 1 is 0.889 bits per heavy atom. The van der Waals surface area contributed by atoms with Crippen LogP contribution in [-0.4, -0.2) is 90.5 Å². The Hall–Kier alpha value is -2.77. The second-order valence-electron chi connectivity index (χ2n) is 3.26. The minimum Gasteiger partial charge on any atom is -0.483 e. The molecule has 0 bridgehead atoms. The molecule has 27 heavy (non-hydrogen) atoms. The molecule has 13 nitrogen and oxygen atoms in total. The van der Waals surface area contributed by atoms with E-state index in [-0.39, 0.29) is 25.9 Å². The molecule has 0 saturated carbocycles. The number of carboxylic acids is 4. The van der Waals surface area contributed by atoms with Gasteiger partial charge in [0.1, 0.15) is 0 Å². The average Bonchev–Trinajstić information content (AvgIpc) is 2.55. The predicted molar refractivity (Wildman–Crippen MR) is 91.3 cm³/mol. The highest BCUT2D eigenvalue weighted by molar-refractivity contribution is 5.75. The fourth-order valence-electron chi connectivity index (χ4n) is 0.292. The first-order valence-electron chi connectivity index (χ1n) is 7.21. The molecule has 0 aromatic heterocycles. The molecule has 0 amide bonds. The molecule has 0 rings (SSSR count). The molecule has 13 heteroatoms. The number of aliphatic hydroxyl groups excluding tert-OH is 3. The van der Waals surface area contributed by atoms with Gasteiger partial charge in [0.2, 0.25) is 0 Å². The summed E-state index contributed by atoms with van der Waals surface area (Å²) < 4.78 is 0. The molecule has 164 valence electrons. The smallest absolute Gasteiger partial charge is 0.334 e. The zero-order valence-corrected chi connectivity index (χ0v) is 15.6. The Kier molecular flexibility index (Phi) is 56.3. The van der Waals surface area contributed by atoms with E-state index >= 15 is 0 Å².